The van der Waals surface area contributed by atoms with Gasteiger partial charge in [0.1, 0.15) is 5.82 Å². The van der Waals surface area contributed by atoms with Gasteiger partial charge in [0, 0.05) is 24.7 Å². The SMILES string of the molecule is NC(=O)C1CCCCC1NC(=O)C1CCCN(C(=O)c2ccc(F)cc2)C1. The van der Waals surface area contributed by atoms with E-state index < -0.39 is 0 Å². The van der Waals surface area contributed by atoms with Gasteiger partial charge in [0.25, 0.3) is 5.91 Å². The lowest BCUT2D eigenvalue weighted by molar-refractivity contribution is -0.129. The zero-order chi connectivity index (χ0) is 19.4. The summed E-state index contributed by atoms with van der Waals surface area (Å²) in [6, 6.07) is 5.22. The van der Waals surface area contributed by atoms with E-state index in [9.17, 15) is 18.8 Å². The average molecular weight is 375 g/mol. The van der Waals surface area contributed by atoms with E-state index in [0.717, 1.165) is 25.7 Å². The molecule has 0 aromatic heterocycles. The van der Waals surface area contributed by atoms with Crippen molar-refractivity contribution in [3.63, 3.8) is 0 Å². The third kappa shape index (κ3) is 4.64. The van der Waals surface area contributed by atoms with E-state index in [-0.39, 0.29) is 41.4 Å². The molecule has 2 fully saturated rings. The Morgan fingerprint density at radius 3 is 2.44 bits per heavy atom. The van der Waals surface area contributed by atoms with Crippen LogP contribution in [-0.2, 0) is 9.59 Å². The van der Waals surface area contributed by atoms with E-state index >= 15 is 0 Å². The van der Waals surface area contributed by atoms with Gasteiger partial charge in [-0.15, -0.1) is 0 Å². The zero-order valence-corrected chi connectivity index (χ0v) is 15.3. The Labute approximate surface area is 158 Å². The van der Waals surface area contributed by atoms with Gasteiger partial charge in [0.05, 0.1) is 11.8 Å². The highest BCUT2D eigenvalue weighted by molar-refractivity contribution is 5.94. The maximum Gasteiger partial charge on any atom is 0.253 e. The molecule has 3 amide bonds. The van der Waals surface area contributed by atoms with Crippen LogP contribution in [0.3, 0.4) is 0 Å². The summed E-state index contributed by atoms with van der Waals surface area (Å²) >= 11 is 0. The number of halogens is 1. The fraction of sp³-hybridized carbons (Fsp3) is 0.550. The highest BCUT2D eigenvalue weighted by atomic mass is 19.1. The van der Waals surface area contributed by atoms with E-state index in [2.05, 4.69) is 5.32 Å². The number of nitrogens with zero attached hydrogens (tertiary/aromatic N) is 1. The highest BCUT2D eigenvalue weighted by Gasteiger charge is 2.34. The summed E-state index contributed by atoms with van der Waals surface area (Å²) in [5.41, 5.74) is 5.89. The number of hydrogen-bond acceptors (Lipinski definition) is 3. The molecular formula is C20H26FN3O3. The van der Waals surface area contributed by atoms with Gasteiger partial charge in [-0.2, -0.15) is 0 Å². The highest BCUT2D eigenvalue weighted by Crippen LogP contribution is 2.26. The fourth-order valence-electron chi connectivity index (χ4n) is 4.10. The second-order valence-electron chi connectivity index (χ2n) is 7.51. The topological polar surface area (TPSA) is 92.5 Å². The van der Waals surface area contributed by atoms with Crippen LogP contribution in [0.25, 0.3) is 0 Å². The third-order valence-corrected chi connectivity index (χ3v) is 5.63. The molecule has 0 radical (unpaired) electrons. The molecule has 6 nitrogen and oxygen atoms in total. The van der Waals surface area contributed by atoms with Crippen molar-refractivity contribution >= 4 is 17.7 Å². The van der Waals surface area contributed by atoms with Crippen LogP contribution in [0.4, 0.5) is 4.39 Å². The number of likely N-dealkylation sites (tertiary alicyclic amines) is 1. The summed E-state index contributed by atoms with van der Waals surface area (Å²) in [5.74, 6) is -1.69. The standard InChI is InChI=1S/C20H26FN3O3/c21-15-9-7-13(8-10-15)20(27)24-11-3-4-14(12-24)19(26)23-17-6-2-1-5-16(17)18(22)25/h7-10,14,16-17H,1-6,11-12H2,(H2,22,25)(H,23,26). The van der Waals surface area contributed by atoms with Gasteiger partial charge in [-0.3, -0.25) is 14.4 Å². The van der Waals surface area contributed by atoms with Crippen LogP contribution >= 0.6 is 0 Å². The second-order valence-corrected chi connectivity index (χ2v) is 7.51. The first kappa shape index (κ1) is 19.3. The van der Waals surface area contributed by atoms with Crippen LogP contribution in [0.15, 0.2) is 24.3 Å². The van der Waals surface area contributed by atoms with E-state index in [1.54, 1.807) is 4.90 Å². The maximum absolute atomic E-state index is 13.1. The molecule has 146 valence electrons. The minimum atomic E-state index is -0.390. The molecule has 1 aromatic carbocycles. The number of carbonyl (C=O) groups is 3. The Balaban J connectivity index is 1.61. The molecular weight excluding hydrogens is 349 g/mol. The van der Waals surface area contributed by atoms with Crippen LogP contribution in [-0.4, -0.2) is 41.8 Å². The van der Waals surface area contributed by atoms with E-state index in [1.807, 2.05) is 0 Å². The number of nitrogens with one attached hydrogen (secondary N) is 1. The predicted octanol–water partition coefficient (Wildman–Crippen LogP) is 1.84. The first-order valence-electron chi connectivity index (χ1n) is 9.60. The number of nitrogens with two attached hydrogens (primary N) is 1. The molecule has 2 aliphatic rings. The molecule has 3 N–H and O–H groups in total. The normalized spacial score (nSPS) is 25.7. The summed E-state index contributed by atoms with van der Waals surface area (Å²) in [4.78, 5) is 38.6. The molecule has 1 aromatic rings. The van der Waals surface area contributed by atoms with Crippen molar-refractivity contribution in [2.75, 3.05) is 13.1 Å². The van der Waals surface area contributed by atoms with E-state index in [1.165, 1.54) is 24.3 Å². The molecule has 0 bridgehead atoms. The van der Waals surface area contributed by atoms with Gasteiger partial charge in [0.2, 0.25) is 11.8 Å². The van der Waals surface area contributed by atoms with Crippen molar-refractivity contribution in [1.82, 2.24) is 10.2 Å². The minimum Gasteiger partial charge on any atom is -0.369 e. The van der Waals surface area contributed by atoms with Gasteiger partial charge in [-0.05, 0) is 49.9 Å². The molecule has 3 atom stereocenters. The summed E-state index contributed by atoms with van der Waals surface area (Å²) in [6.45, 7) is 0.906. The van der Waals surface area contributed by atoms with Gasteiger partial charge in [-0.25, -0.2) is 4.39 Å². The Kier molecular flexibility index (Phi) is 6.08. The number of amides is 3. The molecule has 3 unspecified atom stereocenters. The quantitative estimate of drug-likeness (QED) is 0.841. The van der Waals surface area contributed by atoms with Gasteiger partial charge in [0.15, 0.2) is 0 Å². The summed E-state index contributed by atoms with van der Waals surface area (Å²) in [7, 11) is 0. The second kappa shape index (κ2) is 8.50. The monoisotopic (exact) mass is 375 g/mol. The number of benzene rings is 1. The lowest BCUT2D eigenvalue weighted by atomic mass is 9.83. The lowest BCUT2D eigenvalue weighted by Crippen LogP contribution is -2.51. The lowest BCUT2D eigenvalue weighted by Gasteiger charge is -2.35. The fourth-order valence-corrected chi connectivity index (χ4v) is 4.10. The van der Waals surface area contributed by atoms with Gasteiger partial charge < -0.3 is 16.0 Å². The number of carbonyl (C=O) groups excluding carboxylic acids is 3. The number of primary amides is 1. The maximum atomic E-state index is 13.1. The van der Waals surface area contributed by atoms with Crippen molar-refractivity contribution in [1.29, 1.82) is 0 Å². The molecule has 0 spiro atoms. The van der Waals surface area contributed by atoms with Crippen LogP contribution in [0, 0.1) is 17.7 Å². The number of hydrogen-bond donors (Lipinski definition) is 2. The first-order chi connectivity index (χ1) is 13.0. The summed E-state index contributed by atoms with van der Waals surface area (Å²) in [5, 5.41) is 3.00. The molecule has 1 heterocycles. The van der Waals surface area contributed by atoms with Crippen molar-refractivity contribution < 1.29 is 18.8 Å². The zero-order valence-electron chi connectivity index (χ0n) is 15.3. The van der Waals surface area contributed by atoms with Crippen LogP contribution in [0.2, 0.25) is 0 Å². The van der Waals surface area contributed by atoms with Crippen molar-refractivity contribution in [3.8, 4) is 0 Å². The number of rotatable bonds is 4. The van der Waals surface area contributed by atoms with Crippen LogP contribution in [0.1, 0.15) is 48.9 Å². The molecule has 1 aliphatic heterocycles. The first-order valence-corrected chi connectivity index (χ1v) is 9.60. The number of piperidine rings is 1. The van der Waals surface area contributed by atoms with Crippen LogP contribution in [0.5, 0.6) is 0 Å². The molecule has 7 heteroatoms. The van der Waals surface area contributed by atoms with Crippen molar-refractivity contribution in [2.45, 2.75) is 44.6 Å². The summed E-state index contributed by atoms with van der Waals surface area (Å²) < 4.78 is 13.1. The Bertz CT molecular complexity index is 707. The Morgan fingerprint density at radius 2 is 1.74 bits per heavy atom. The smallest absolute Gasteiger partial charge is 0.253 e. The van der Waals surface area contributed by atoms with Crippen LogP contribution < -0.4 is 11.1 Å². The Hall–Kier alpha value is -2.44. The minimum absolute atomic E-state index is 0.121. The van der Waals surface area contributed by atoms with Crippen molar-refractivity contribution in [2.24, 2.45) is 17.6 Å². The molecule has 1 saturated carbocycles. The molecule has 1 aliphatic carbocycles. The molecule has 27 heavy (non-hydrogen) atoms. The van der Waals surface area contributed by atoms with Gasteiger partial charge in [-0.1, -0.05) is 12.8 Å². The molecule has 1 saturated heterocycles. The Morgan fingerprint density at radius 1 is 1.04 bits per heavy atom. The largest absolute Gasteiger partial charge is 0.369 e. The molecule has 3 rings (SSSR count). The summed E-state index contributed by atoms with van der Waals surface area (Å²) in [6.07, 6.45) is 4.81. The van der Waals surface area contributed by atoms with Gasteiger partial charge >= 0.3 is 0 Å². The van der Waals surface area contributed by atoms with Crippen molar-refractivity contribution in [3.05, 3.63) is 35.6 Å². The van der Waals surface area contributed by atoms with E-state index in [4.69, 9.17) is 5.73 Å². The predicted molar refractivity (Wildman–Crippen MR) is 98.1 cm³/mol. The third-order valence-electron chi connectivity index (χ3n) is 5.63. The average Bonchev–Trinajstić information content (AvgIpc) is 2.68. The van der Waals surface area contributed by atoms with E-state index in [0.29, 0.717) is 31.5 Å².